The lowest BCUT2D eigenvalue weighted by Gasteiger charge is -2.23. The topological polar surface area (TPSA) is 61.4 Å². The SMILES string of the molecule is CNC(=O)CC1C(=O)N(Nc2ccc(Cl)cc2C)c2c(C)cc(Cl)cc21. The Hall–Kier alpha value is -2.24. The van der Waals surface area contributed by atoms with Gasteiger partial charge in [-0.2, -0.15) is 0 Å². The van der Waals surface area contributed by atoms with Gasteiger partial charge in [0.1, 0.15) is 0 Å². The van der Waals surface area contributed by atoms with Crippen molar-refractivity contribution in [2.45, 2.75) is 26.2 Å². The number of rotatable bonds is 4. The third-order valence-electron chi connectivity index (χ3n) is 4.50. The van der Waals surface area contributed by atoms with Crippen LogP contribution in [0.15, 0.2) is 30.3 Å². The number of hydrogen-bond acceptors (Lipinski definition) is 3. The van der Waals surface area contributed by atoms with Crippen LogP contribution in [0.3, 0.4) is 0 Å². The predicted octanol–water partition coefficient (Wildman–Crippen LogP) is 4.20. The minimum atomic E-state index is -0.581. The van der Waals surface area contributed by atoms with E-state index in [2.05, 4.69) is 10.7 Å². The summed E-state index contributed by atoms with van der Waals surface area (Å²) < 4.78 is 0. The summed E-state index contributed by atoms with van der Waals surface area (Å²) in [7, 11) is 1.55. The highest BCUT2D eigenvalue weighted by molar-refractivity contribution is 6.31. The third kappa shape index (κ3) is 3.37. The average Bonchev–Trinajstić information content (AvgIpc) is 2.82. The summed E-state index contributed by atoms with van der Waals surface area (Å²) in [5.41, 5.74) is 7.20. The Bertz CT molecular complexity index is 899. The van der Waals surface area contributed by atoms with E-state index in [1.54, 1.807) is 25.2 Å². The van der Waals surface area contributed by atoms with Crippen molar-refractivity contribution in [2.75, 3.05) is 17.5 Å². The van der Waals surface area contributed by atoms with E-state index in [-0.39, 0.29) is 18.2 Å². The molecule has 0 saturated carbocycles. The molecule has 0 saturated heterocycles. The van der Waals surface area contributed by atoms with E-state index in [9.17, 15) is 9.59 Å². The maximum absolute atomic E-state index is 13.1. The molecule has 0 fully saturated rings. The highest BCUT2D eigenvalue weighted by Gasteiger charge is 2.40. The number of amides is 2. The van der Waals surface area contributed by atoms with Crippen molar-refractivity contribution in [3.05, 3.63) is 57.1 Å². The molecule has 136 valence electrons. The number of nitrogens with one attached hydrogen (secondary N) is 2. The van der Waals surface area contributed by atoms with Crippen molar-refractivity contribution in [3.8, 4) is 0 Å². The van der Waals surface area contributed by atoms with Crippen LogP contribution in [0.2, 0.25) is 10.0 Å². The number of anilines is 2. The lowest BCUT2D eigenvalue weighted by Crippen LogP contribution is -2.36. The fourth-order valence-electron chi connectivity index (χ4n) is 3.20. The highest BCUT2D eigenvalue weighted by Crippen LogP contribution is 2.43. The normalized spacial score (nSPS) is 15.8. The van der Waals surface area contributed by atoms with Gasteiger partial charge in [-0.25, -0.2) is 5.01 Å². The van der Waals surface area contributed by atoms with Crippen molar-refractivity contribution >= 4 is 46.4 Å². The highest BCUT2D eigenvalue weighted by atomic mass is 35.5. The Kier molecular flexibility index (Phi) is 5.12. The summed E-state index contributed by atoms with van der Waals surface area (Å²) in [5, 5.41) is 5.25. The monoisotopic (exact) mass is 391 g/mol. The fourth-order valence-corrected chi connectivity index (χ4v) is 3.71. The number of carbonyl (C=O) groups is 2. The first kappa shape index (κ1) is 18.5. The van der Waals surface area contributed by atoms with Crippen molar-refractivity contribution < 1.29 is 9.59 Å². The minimum Gasteiger partial charge on any atom is -0.359 e. The van der Waals surface area contributed by atoms with Crippen LogP contribution in [0.4, 0.5) is 11.4 Å². The van der Waals surface area contributed by atoms with Crippen molar-refractivity contribution in [1.82, 2.24) is 5.32 Å². The molecule has 2 aromatic carbocycles. The lowest BCUT2D eigenvalue weighted by molar-refractivity contribution is -0.125. The Morgan fingerprint density at radius 1 is 1.12 bits per heavy atom. The van der Waals surface area contributed by atoms with Crippen LogP contribution in [0, 0.1) is 13.8 Å². The number of hydrazine groups is 1. The number of halogens is 2. The van der Waals surface area contributed by atoms with E-state index >= 15 is 0 Å². The Balaban J connectivity index is 2.04. The van der Waals surface area contributed by atoms with E-state index in [0.29, 0.717) is 10.0 Å². The van der Waals surface area contributed by atoms with Gasteiger partial charge in [-0.15, -0.1) is 0 Å². The average molecular weight is 392 g/mol. The molecular formula is C19H19Cl2N3O2. The first-order valence-corrected chi connectivity index (χ1v) is 8.94. The number of hydrogen-bond donors (Lipinski definition) is 2. The van der Waals surface area contributed by atoms with Gasteiger partial charge in [0.05, 0.1) is 17.3 Å². The molecule has 3 rings (SSSR count). The van der Waals surface area contributed by atoms with Gasteiger partial charge < -0.3 is 5.32 Å². The van der Waals surface area contributed by atoms with Crippen LogP contribution in [0.1, 0.15) is 29.0 Å². The molecule has 2 aromatic rings. The maximum Gasteiger partial charge on any atom is 0.253 e. The number of nitrogens with zero attached hydrogens (tertiary/aromatic N) is 1. The molecule has 7 heteroatoms. The van der Waals surface area contributed by atoms with Gasteiger partial charge in [-0.05, 0) is 60.9 Å². The number of benzene rings is 2. The van der Waals surface area contributed by atoms with E-state index in [4.69, 9.17) is 23.2 Å². The molecule has 0 spiro atoms. The Morgan fingerprint density at radius 3 is 2.46 bits per heavy atom. The van der Waals surface area contributed by atoms with Crippen LogP contribution in [0.5, 0.6) is 0 Å². The second-order valence-electron chi connectivity index (χ2n) is 6.34. The Labute approximate surface area is 162 Å². The number of carbonyl (C=O) groups excluding carboxylic acids is 2. The van der Waals surface area contributed by atoms with Gasteiger partial charge in [0.2, 0.25) is 5.91 Å². The molecule has 0 bridgehead atoms. The lowest BCUT2D eigenvalue weighted by atomic mass is 9.95. The summed E-state index contributed by atoms with van der Waals surface area (Å²) in [6.07, 6.45) is 0.0693. The predicted molar refractivity (Wildman–Crippen MR) is 105 cm³/mol. The molecule has 1 aliphatic rings. The zero-order chi connectivity index (χ0) is 19.0. The molecule has 2 N–H and O–H groups in total. The largest absolute Gasteiger partial charge is 0.359 e. The van der Waals surface area contributed by atoms with Gasteiger partial charge >= 0.3 is 0 Å². The zero-order valence-corrected chi connectivity index (χ0v) is 16.2. The first-order chi connectivity index (χ1) is 12.3. The van der Waals surface area contributed by atoms with Crippen molar-refractivity contribution in [2.24, 2.45) is 0 Å². The standard InChI is InChI=1S/C19H19Cl2N3O2/c1-10-6-12(20)4-5-16(10)23-24-18-11(2)7-13(21)8-14(18)15(19(24)26)9-17(25)22-3/h4-8,15,23H,9H2,1-3H3,(H,22,25). The summed E-state index contributed by atoms with van der Waals surface area (Å²) in [4.78, 5) is 25.0. The quantitative estimate of drug-likeness (QED) is 0.820. The molecular weight excluding hydrogens is 373 g/mol. The molecule has 2 amide bonds. The molecule has 5 nitrogen and oxygen atoms in total. The first-order valence-electron chi connectivity index (χ1n) is 8.19. The fraction of sp³-hybridized carbons (Fsp3) is 0.263. The van der Waals surface area contributed by atoms with E-state index in [1.165, 1.54) is 5.01 Å². The smallest absolute Gasteiger partial charge is 0.253 e. The van der Waals surface area contributed by atoms with E-state index < -0.39 is 5.92 Å². The summed E-state index contributed by atoms with van der Waals surface area (Å²) >= 11 is 12.2. The van der Waals surface area contributed by atoms with Crippen LogP contribution in [0.25, 0.3) is 0 Å². The Morgan fingerprint density at radius 2 is 1.81 bits per heavy atom. The number of aryl methyl sites for hydroxylation is 2. The van der Waals surface area contributed by atoms with Gasteiger partial charge in [-0.1, -0.05) is 23.2 Å². The van der Waals surface area contributed by atoms with E-state index in [0.717, 1.165) is 28.1 Å². The molecule has 0 radical (unpaired) electrons. The minimum absolute atomic E-state index is 0.0693. The second kappa shape index (κ2) is 7.17. The summed E-state index contributed by atoms with van der Waals surface area (Å²) in [5.74, 6) is -0.970. The maximum atomic E-state index is 13.1. The zero-order valence-electron chi connectivity index (χ0n) is 14.7. The van der Waals surface area contributed by atoms with Crippen LogP contribution < -0.4 is 15.8 Å². The molecule has 0 aromatic heterocycles. The van der Waals surface area contributed by atoms with Crippen LogP contribution in [-0.4, -0.2) is 18.9 Å². The molecule has 1 atom stereocenters. The van der Waals surface area contributed by atoms with Gasteiger partial charge in [-0.3, -0.25) is 15.0 Å². The van der Waals surface area contributed by atoms with Gasteiger partial charge in [0, 0.05) is 23.5 Å². The number of fused-ring (bicyclic) bond motifs is 1. The molecule has 1 unspecified atom stereocenters. The van der Waals surface area contributed by atoms with Crippen LogP contribution in [-0.2, 0) is 9.59 Å². The van der Waals surface area contributed by atoms with Crippen LogP contribution >= 0.6 is 23.2 Å². The molecule has 1 aliphatic heterocycles. The van der Waals surface area contributed by atoms with E-state index in [1.807, 2.05) is 26.0 Å². The molecule has 0 aliphatic carbocycles. The van der Waals surface area contributed by atoms with Gasteiger partial charge in [0.15, 0.2) is 0 Å². The summed E-state index contributed by atoms with van der Waals surface area (Å²) in [6.45, 7) is 3.80. The van der Waals surface area contributed by atoms with Crippen molar-refractivity contribution in [3.63, 3.8) is 0 Å². The molecule has 1 heterocycles. The summed E-state index contributed by atoms with van der Waals surface area (Å²) in [6, 6.07) is 8.96. The van der Waals surface area contributed by atoms with Crippen molar-refractivity contribution in [1.29, 1.82) is 0 Å². The van der Waals surface area contributed by atoms with Gasteiger partial charge in [0.25, 0.3) is 5.91 Å². The molecule has 26 heavy (non-hydrogen) atoms. The second-order valence-corrected chi connectivity index (χ2v) is 7.21. The third-order valence-corrected chi connectivity index (χ3v) is 4.95.